The van der Waals surface area contributed by atoms with E-state index >= 15 is 0 Å². The molecule has 7 nitrogen and oxygen atoms in total. The molecule has 4 heterocycles. The lowest BCUT2D eigenvalue weighted by molar-refractivity contribution is -0.140. The summed E-state index contributed by atoms with van der Waals surface area (Å²) in [7, 11) is 0. The first kappa shape index (κ1) is 23.2. The monoisotopic (exact) mass is 526 g/mol. The van der Waals surface area contributed by atoms with Crippen LogP contribution in [0.4, 0.5) is 0 Å². The molecule has 0 spiro atoms. The fourth-order valence-corrected chi connectivity index (χ4v) is 5.23. The van der Waals surface area contributed by atoms with Crippen LogP contribution in [0.5, 0.6) is 11.6 Å². The van der Waals surface area contributed by atoms with Gasteiger partial charge in [-0.05, 0) is 71.6 Å². The Kier molecular flexibility index (Phi) is 6.79. The van der Waals surface area contributed by atoms with Crippen molar-refractivity contribution in [2.24, 2.45) is 0 Å². The Morgan fingerprint density at radius 2 is 2.00 bits per heavy atom. The van der Waals surface area contributed by atoms with E-state index in [9.17, 15) is 4.79 Å². The normalized spacial score (nSPS) is 23.3. The van der Waals surface area contributed by atoms with Crippen molar-refractivity contribution < 1.29 is 14.3 Å². The molecule has 3 aliphatic heterocycles. The molecule has 34 heavy (non-hydrogen) atoms. The Morgan fingerprint density at radius 3 is 2.76 bits per heavy atom. The summed E-state index contributed by atoms with van der Waals surface area (Å²) in [6.45, 7) is 8.06. The van der Waals surface area contributed by atoms with Crippen LogP contribution in [0.1, 0.15) is 36.9 Å². The molecule has 3 saturated heterocycles. The number of ether oxygens (including phenoxy) is 2. The molecule has 0 radical (unpaired) electrons. The standard InChI is InChI=1S/C26H31BrN4O3/c1-3-4-25(30-12-11-23-22(15-30)29-24(32)16-33-23)31-13-19(14-31)18-6-8-20(9-7-18)34-26-21(27)10-5-17(2)28-26/h4-10,19,22-23H,3,11-16H2,1-2H3,(H,29,32)/b25-4-. The molecule has 0 aliphatic carbocycles. The van der Waals surface area contributed by atoms with Gasteiger partial charge in [-0.25, -0.2) is 4.98 Å². The molecule has 2 aromatic rings. The number of carbonyl (C=O) groups is 1. The Morgan fingerprint density at radius 1 is 1.21 bits per heavy atom. The van der Waals surface area contributed by atoms with E-state index in [-0.39, 0.29) is 24.7 Å². The van der Waals surface area contributed by atoms with Crippen LogP contribution >= 0.6 is 15.9 Å². The van der Waals surface area contributed by atoms with Gasteiger partial charge < -0.3 is 24.6 Å². The molecular weight excluding hydrogens is 496 g/mol. The Balaban J connectivity index is 1.19. The fourth-order valence-electron chi connectivity index (χ4n) is 4.93. The van der Waals surface area contributed by atoms with Crippen LogP contribution in [0.25, 0.3) is 0 Å². The number of aromatic nitrogens is 1. The molecule has 1 amide bonds. The van der Waals surface area contributed by atoms with Crippen LogP contribution in [0.2, 0.25) is 0 Å². The third-order valence-corrected chi connectivity index (χ3v) is 7.36. The maximum atomic E-state index is 11.8. The number of fused-ring (bicyclic) bond motifs is 1. The Hall–Kier alpha value is -2.58. The van der Waals surface area contributed by atoms with E-state index < -0.39 is 0 Å². The summed E-state index contributed by atoms with van der Waals surface area (Å²) in [4.78, 5) is 21.1. The van der Waals surface area contributed by atoms with Crippen molar-refractivity contribution in [3.05, 3.63) is 64.0 Å². The first-order valence-electron chi connectivity index (χ1n) is 12.0. The quantitative estimate of drug-likeness (QED) is 0.608. The van der Waals surface area contributed by atoms with Gasteiger partial charge in [-0.2, -0.15) is 0 Å². The highest BCUT2D eigenvalue weighted by Crippen LogP contribution is 2.34. The van der Waals surface area contributed by atoms with Crippen LogP contribution in [-0.4, -0.2) is 65.6 Å². The number of likely N-dealkylation sites (tertiary alicyclic amines) is 2. The van der Waals surface area contributed by atoms with E-state index in [2.05, 4.69) is 61.2 Å². The van der Waals surface area contributed by atoms with E-state index in [0.717, 1.165) is 54.9 Å². The van der Waals surface area contributed by atoms with E-state index in [1.807, 2.05) is 31.2 Å². The zero-order chi connectivity index (χ0) is 23.7. The predicted octanol–water partition coefficient (Wildman–Crippen LogP) is 4.18. The minimum Gasteiger partial charge on any atom is -0.438 e. The van der Waals surface area contributed by atoms with Crippen molar-refractivity contribution in [1.82, 2.24) is 20.1 Å². The average Bonchev–Trinajstić information content (AvgIpc) is 2.80. The van der Waals surface area contributed by atoms with Crippen LogP contribution in [0.15, 0.2) is 52.8 Å². The third-order valence-electron chi connectivity index (χ3n) is 6.76. The predicted molar refractivity (Wildman–Crippen MR) is 134 cm³/mol. The molecule has 3 fully saturated rings. The molecule has 1 N–H and O–H groups in total. The second-order valence-corrected chi connectivity index (χ2v) is 10.1. The third kappa shape index (κ3) is 4.93. The molecule has 3 aliphatic rings. The number of nitrogens with one attached hydrogen (secondary N) is 1. The van der Waals surface area contributed by atoms with Gasteiger partial charge in [0.05, 0.1) is 22.4 Å². The highest BCUT2D eigenvalue weighted by Gasteiger charge is 2.38. The largest absolute Gasteiger partial charge is 0.438 e. The van der Waals surface area contributed by atoms with Gasteiger partial charge in [-0.1, -0.05) is 19.1 Å². The summed E-state index contributed by atoms with van der Waals surface area (Å²) in [6, 6.07) is 12.3. The number of rotatable bonds is 6. The van der Waals surface area contributed by atoms with Gasteiger partial charge in [0.1, 0.15) is 12.4 Å². The van der Waals surface area contributed by atoms with Crippen LogP contribution < -0.4 is 10.1 Å². The van der Waals surface area contributed by atoms with Gasteiger partial charge in [0.2, 0.25) is 11.8 Å². The number of piperidine rings is 1. The van der Waals surface area contributed by atoms with Crippen molar-refractivity contribution in [2.75, 3.05) is 32.8 Å². The zero-order valence-electron chi connectivity index (χ0n) is 19.7. The molecule has 0 bridgehead atoms. The van der Waals surface area contributed by atoms with Gasteiger partial charge in [0.25, 0.3) is 0 Å². The van der Waals surface area contributed by atoms with E-state index in [0.29, 0.717) is 11.8 Å². The molecule has 2 unspecified atom stereocenters. The lowest BCUT2D eigenvalue weighted by Gasteiger charge is -2.49. The summed E-state index contributed by atoms with van der Waals surface area (Å²) >= 11 is 3.50. The Labute approximate surface area is 209 Å². The topological polar surface area (TPSA) is 66.9 Å². The van der Waals surface area contributed by atoms with E-state index in [1.54, 1.807) is 0 Å². The number of halogens is 1. The van der Waals surface area contributed by atoms with Crippen molar-refractivity contribution in [3.8, 4) is 11.6 Å². The molecule has 5 rings (SSSR count). The maximum absolute atomic E-state index is 11.8. The highest BCUT2D eigenvalue weighted by molar-refractivity contribution is 9.10. The smallest absolute Gasteiger partial charge is 0.246 e. The first-order chi connectivity index (χ1) is 16.5. The van der Waals surface area contributed by atoms with Gasteiger partial charge in [0, 0.05) is 37.8 Å². The van der Waals surface area contributed by atoms with Gasteiger partial charge >= 0.3 is 0 Å². The van der Waals surface area contributed by atoms with E-state index in [1.165, 1.54) is 11.4 Å². The summed E-state index contributed by atoms with van der Waals surface area (Å²) in [5.41, 5.74) is 2.24. The zero-order valence-corrected chi connectivity index (χ0v) is 21.3. The number of allylic oxidation sites excluding steroid dienone is 1. The lowest BCUT2D eigenvalue weighted by Crippen LogP contribution is -2.61. The SMILES string of the molecule is CC/C=C(\N1CC(c2ccc(Oc3nc(C)ccc3Br)cc2)C1)N1CCC2OCC(=O)NC2C1. The highest BCUT2D eigenvalue weighted by atomic mass is 79.9. The molecule has 0 saturated carbocycles. The van der Waals surface area contributed by atoms with Crippen molar-refractivity contribution >= 4 is 21.8 Å². The van der Waals surface area contributed by atoms with Gasteiger partial charge in [0.15, 0.2) is 0 Å². The van der Waals surface area contributed by atoms with Crippen LogP contribution in [0.3, 0.4) is 0 Å². The average molecular weight is 527 g/mol. The number of nitrogens with zero attached hydrogens (tertiary/aromatic N) is 3. The van der Waals surface area contributed by atoms with E-state index in [4.69, 9.17) is 9.47 Å². The number of benzene rings is 1. The molecular formula is C26H31BrN4O3. The lowest BCUT2D eigenvalue weighted by atomic mass is 9.91. The summed E-state index contributed by atoms with van der Waals surface area (Å²) in [6.07, 6.45) is 4.37. The second kappa shape index (κ2) is 9.96. The van der Waals surface area contributed by atoms with Gasteiger partial charge in [-0.15, -0.1) is 0 Å². The fraction of sp³-hybridized carbons (Fsp3) is 0.462. The first-order valence-corrected chi connectivity index (χ1v) is 12.8. The van der Waals surface area contributed by atoms with Crippen LogP contribution in [-0.2, 0) is 9.53 Å². The van der Waals surface area contributed by atoms with Crippen LogP contribution in [0, 0.1) is 6.92 Å². The number of aryl methyl sites for hydroxylation is 1. The van der Waals surface area contributed by atoms with Crippen molar-refractivity contribution in [3.63, 3.8) is 0 Å². The number of morpholine rings is 1. The van der Waals surface area contributed by atoms with Gasteiger partial charge in [-0.3, -0.25) is 4.79 Å². The Bertz CT molecular complexity index is 1070. The summed E-state index contributed by atoms with van der Waals surface area (Å²) in [5, 5.41) is 3.11. The molecule has 1 aromatic heterocycles. The number of amides is 1. The molecule has 8 heteroatoms. The maximum Gasteiger partial charge on any atom is 0.246 e. The van der Waals surface area contributed by atoms with Crippen molar-refractivity contribution in [1.29, 1.82) is 0 Å². The minimum atomic E-state index is -0.00824. The minimum absolute atomic E-state index is 0.00824. The number of hydrogen-bond donors (Lipinski definition) is 1. The summed E-state index contributed by atoms with van der Waals surface area (Å²) in [5.74, 6) is 3.14. The molecule has 180 valence electrons. The summed E-state index contributed by atoms with van der Waals surface area (Å²) < 4.78 is 12.5. The number of carbonyl (C=O) groups excluding carboxylic acids is 1. The van der Waals surface area contributed by atoms with Crippen molar-refractivity contribution in [2.45, 2.75) is 44.8 Å². The second-order valence-electron chi connectivity index (χ2n) is 9.24. The number of pyridine rings is 1. The molecule has 1 aromatic carbocycles. The molecule has 2 atom stereocenters. The number of hydrogen-bond acceptors (Lipinski definition) is 6.